The summed E-state index contributed by atoms with van der Waals surface area (Å²) in [5.74, 6) is 1.18. The maximum atomic E-state index is 12.3. The molecule has 2 heterocycles. The van der Waals surface area contributed by atoms with Crippen LogP contribution in [0, 0.1) is 11.8 Å². The Bertz CT molecular complexity index is 447. The van der Waals surface area contributed by atoms with Gasteiger partial charge in [0.15, 0.2) is 0 Å². The monoisotopic (exact) mass is 270 g/mol. The minimum atomic E-state index is 0.0756. The third-order valence-electron chi connectivity index (χ3n) is 4.01. The van der Waals surface area contributed by atoms with Crippen LogP contribution in [0.25, 0.3) is 0 Å². The van der Waals surface area contributed by atoms with Gasteiger partial charge in [-0.3, -0.25) is 4.79 Å². The lowest BCUT2D eigenvalue weighted by Gasteiger charge is -2.18. The quantitative estimate of drug-likeness (QED) is 0.851. The van der Waals surface area contributed by atoms with Crippen molar-refractivity contribution < 1.29 is 4.79 Å². The summed E-state index contributed by atoms with van der Waals surface area (Å²) in [7, 11) is 0. The van der Waals surface area contributed by atoms with Crippen molar-refractivity contribution in [3.63, 3.8) is 0 Å². The lowest BCUT2D eigenvalue weighted by Crippen LogP contribution is -2.33. The Balaban J connectivity index is 1.75. The molecule has 1 saturated heterocycles. The van der Waals surface area contributed by atoms with E-state index in [0.717, 1.165) is 25.9 Å². The molecule has 1 aromatic rings. The molecule has 2 aliphatic rings. The van der Waals surface area contributed by atoms with Gasteiger partial charge in [0.05, 0.1) is 5.02 Å². The van der Waals surface area contributed by atoms with Crippen LogP contribution < -0.4 is 5.73 Å². The number of likely N-dealkylation sites (tertiary alicyclic amines) is 1. The fourth-order valence-corrected chi connectivity index (χ4v) is 4.17. The maximum absolute atomic E-state index is 12.3. The average molecular weight is 271 g/mol. The van der Waals surface area contributed by atoms with Crippen molar-refractivity contribution in [1.82, 2.24) is 4.90 Å². The van der Waals surface area contributed by atoms with Crippen LogP contribution in [-0.2, 0) is 0 Å². The molecule has 0 bridgehead atoms. The fraction of sp³-hybridized carbons (Fsp3) is 0.583. The second-order valence-electron chi connectivity index (χ2n) is 4.97. The first-order valence-corrected chi connectivity index (χ1v) is 7.20. The zero-order valence-corrected chi connectivity index (χ0v) is 11.0. The van der Waals surface area contributed by atoms with Crippen molar-refractivity contribution in [1.29, 1.82) is 0 Å². The molecule has 1 amide bonds. The van der Waals surface area contributed by atoms with Crippen LogP contribution in [0.15, 0.2) is 11.4 Å². The highest BCUT2D eigenvalue weighted by Gasteiger charge is 2.42. The van der Waals surface area contributed by atoms with E-state index in [1.54, 1.807) is 6.07 Å². The van der Waals surface area contributed by atoms with Crippen LogP contribution in [0.5, 0.6) is 0 Å². The van der Waals surface area contributed by atoms with Gasteiger partial charge < -0.3 is 10.6 Å². The van der Waals surface area contributed by atoms with E-state index in [9.17, 15) is 4.79 Å². The summed E-state index contributed by atoms with van der Waals surface area (Å²) in [5.41, 5.74) is 6.07. The molecule has 0 aromatic carbocycles. The SMILES string of the molecule is NC1CCC2CN(C(=O)c3sccc3Cl)CC12. The molecule has 1 saturated carbocycles. The Kier molecular flexibility index (Phi) is 2.89. The number of hydrogen-bond donors (Lipinski definition) is 1. The standard InChI is InChI=1S/C12H15ClN2OS/c13-9-3-4-17-11(9)12(16)15-5-7-1-2-10(14)8(7)6-15/h3-4,7-8,10H,1-2,5-6,14H2. The molecular formula is C12H15ClN2OS. The summed E-state index contributed by atoms with van der Waals surface area (Å²) in [4.78, 5) is 14.9. The van der Waals surface area contributed by atoms with E-state index in [2.05, 4.69) is 0 Å². The Labute approximate surface area is 110 Å². The predicted octanol–water partition coefficient (Wildman–Crippen LogP) is 2.21. The van der Waals surface area contributed by atoms with E-state index in [1.807, 2.05) is 10.3 Å². The Hall–Kier alpha value is -0.580. The third-order valence-corrected chi connectivity index (χ3v) is 5.34. The van der Waals surface area contributed by atoms with Gasteiger partial charge in [0, 0.05) is 19.1 Å². The maximum Gasteiger partial charge on any atom is 0.265 e. The Morgan fingerprint density at radius 2 is 2.29 bits per heavy atom. The molecule has 2 fully saturated rings. The number of carbonyl (C=O) groups excluding carboxylic acids is 1. The number of nitrogens with two attached hydrogens (primary N) is 1. The molecule has 3 rings (SSSR count). The predicted molar refractivity (Wildman–Crippen MR) is 69.4 cm³/mol. The average Bonchev–Trinajstić information content (AvgIpc) is 2.96. The molecule has 17 heavy (non-hydrogen) atoms. The van der Waals surface area contributed by atoms with Gasteiger partial charge >= 0.3 is 0 Å². The minimum Gasteiger partial charge on any atom is -0.337 e. The summed E-state index contributed by atoms with van der Waals surface area (Å²) in [5, 5.41) is 2.43. The second-order valence-corrected chi connectivity index (χ2v) is 6.30. The number of thiophene rings is 1. The Morgan fingerprint density at radius 1 is 1.47 bits per heavy atom. The van der Waals surface area contributed by atoms with Crippen LogP contribution in [-0.4, -0.2) is 29.9 Å². The summed E-state index contributed by atoms with van der Waals surface area (Å²) in [6.45, 7) is 1.66. The number of rotatable bonds is 1. The van der Waals surface area contributed by atoms with Gasteiger partial charge in [-0.2, -0.15) is 0 Å². The largest absolute Gasteiger partial charge is 0.337 e. The van der Waals surface area contributed by atoms with E-state index in [4.69, 9.17) is 17.3 Å². The summed E-state index contributed by atoms with van der Waals surface area (Å²) in [6.07, 6.45) is 2.27. The molecular weight excluding hydrogens is 256 g/mol. The number of fused-ring (bicyclic) bond motifs is 1. The summed E-state index contributed by atoms with van der Waals surface area (Å²) >= 11 is 7.42. The number of amides is 1. The number of carbonyl (C=O) groups is 1. The molecule has 3 unspecified atom stereocenters. The van der Waals surface area contributed by atoms with Gasteiger partial charge in [-0.05, 0) is 36.1 Å². The molecule has 0 radical (unpaired) electrons. The van der Waals surface area contributed by atoms with Gasteiger partial charge in [-0.25, -0.2) is 0 Å². The van der Waals surface area contributed by atoms with Crippen molar-refractivity contribution in [3.8, 4) is 0 Å². The molecule has 5 heteroatoms. The number of nitrogens with zero attached hydrogens (tertiary/aromatic N) is 1. The first kappa shape index (κ1) is 11.5. The normalized spacial score (nSPS) is 31.9. The topological polar surface area (TPSA) is 46.3 Å². The minimum absolute atomic E-state index is 0.0756. The van der Waals surface area contributed by atoms with E-state index >= 15 is 0 Å². The molecule has 0 spiro atoms. The van der Waals surface area contributed by atoms with E-state index in [-0.39, 0.29) is 11.9 Å². The van der Waals surface area contributed by atoms with Crippen molar-refractivity contribution in [2.24, 2.45) is 17.6 Å². The zero-order valence-electron chi connectivity index (χ0n) is 9.43. The summed E-state index contributed by atoms with van der Waals surface area (Å²) in [6, 6.07) is 2.05. The highest BCUT2D eigenvalue weighted by molar-refractivity contribution is 7.12. The van der Waals surface area contributed by atoms with Crippen molar-refractivity contribution in [2.75, 3.05) is 13.1 Å². The lowest BCUT2D eigenvalue weighted by atomic mass is 9.98. The molecule has 3 atom stereocenters. The van der Waals surface area contributed by atoms with Gasteiger partial charge in [-0.1, -0.05) is 11.6 Å². The van der Waals surface area contributed by atoms with Crippen molar-refractivity contribution in [3.05, 3.63) is 21.3 Å². The molecule has 1 aliphatic carbocycles. The molecule has 92 valence electrons. The summed E-state index contributed by atoms with van der Waals surface area (Å²) < 4.78 is 0. The second kappa shape index (κ2) is 4.26. The van der Waals surface area contributed by atoms with Crippen LogP contribution in [0.2, 0.25) is 5.02 Å². The van der Waals surface area contributed by atoms with E-state index in [0.29, 0.717) is 21.7 Å². The van der Waals surface area contributed by atoms with Crippen LogP contribution in [0.4, 0.5) is 0 Å². The van der Waals surface area contributed by atoms with Crippen LogP contribution >= 0.6 is 22.9 Å². The van der Waals surface area contributed by atoms with Crippen LogP contribution in [0.1, 0.15) is 22.5 Å². The highest BCUT2D eigenvalue weighted by atomic mass is 35.5. The van der Waals surface area contributed by atoms with Gasteiger partial charge in [0.2, 0.25) is 0 Å². The Morgan fingerprint density at radius 3 is 2.94 bits per heavy atom. The van der Waals surface area contributed by atoms with E-state index < -0.39 is 0 Å². The number of halogens is 1. The molecule has 2 N–H and O–H groups in total. The van der Waals surface area contributed by atoms with Crippen molar-refractivity contribution >= 4 is 28.8 Å². The van der Waals surface area contributed by atoms with Gasteiger partial charge in [-0.15, -0.1) is 11.3 Å². The fourth-order valence-electron chi connectivity index (χ4n) is 3.06. The molecule has 1 aliphatic heterocycles. The first-order valence-electron chi connectivity index (χ1n) is 5.94. The third kappa shape index (κ3) is 1.88. The van der Waals surface area contributed by atoms with E-state index in [1.165, 1.54) is 11.3 Å². The number of hydrogen-bond acceptors (Lipinski definition) is 3. The van der Waals surface area contributed by atoms with Crippen molar-refractivity contribution in [2.45, 2.75) is 18.9 Å². The zero-order chi connectivity index (χ0) is 12.0. The van der Waals surface area contributed by atoms with Gasteiger partial charge in [0.1, 0.15) is 4.88 Å². The lowest BCUT2D eigenvalue weighted by molar-refractivity contribution is 0.0784. The van der Waals surface area contributed by atoms with Crippen LogP contribution in [0.3, 0.4) is 0 Å². The highest BCUT2D eigenvalue weighted by Crippen LogP contribution is 2.38. The first-order chi connectivity index (χ1) is 8.16. The van der Waals surface area contributed by atoms with Gasteiger partial charge in [0.25, 0.3) is 5.91 Å². The molecule has 1 aromatic heterocycles. The smallest absolute Gasteiger partial charge is 0.265 e. The molecule has 3 nitrogen and oxygen atoms in total.